The van der Waals surface area contributed by atoms with Gasteiger partial charge in [0.2, 0.25) is 0 Å². The average Bonchev–Trinajstić information content (AvgIpc) is 2.53. The van der Waals surface area contributed by atoms with Gasteiger partial charge in [0, 0.05) is 24.5 Å². The summed E-state index contributed by atoms with van der Waals surface area (Å²) in [6.07, 6.45) is 2.74. The van der Waals surface area contributed by atoms with Gasteiger partial charge in [-0.25, -0.2) is 0 Å². The van der Waals surface area contributed by atoms with E-state index in [1.54, 1.807) is 0 Å². The third-order valence-electron chi connectivity index (χ3n) is 4.34. The van der Waals surface area contributed by atoms with Crippen LogP contribution in [0.4, 0.5) is 11.4 Å². The maximum absolute atomic E-state index is 11.9. The number of nitrogens with one attached hydrogen (secondary N) is 1. The van der Waals surface area contributed by atoms with Crippen LogP contribution in [-0.2, 0) is 14.3 Å². The highest BCUT2D eigenvalue weighted by atomic mass is 16.5. The second-order valence-electron chi connectivity index (χ2n) is 8.16. The fourth-order valence-electron chi connectivity index (χ4n) is 2.85. The first kappa shape index (κ1) is 19.3. The number of esters is 1. The van der Waals surface area contributed by atoms with Crippen molar-refractivity contribution < 1.29 is 14.3 Å². The summed E-state index contributed by atoms with van der Waals surface area (Å²) in [7, 11) is 0. The maximum atomic E-state index is 11.9. The van der Waals surface area contributed by atoms with Gasteiger partial charge >= 0.3 is 5.97 Å². The molecule has 0 saturated carbocycles. The molecule has 0 spiro atoms. The van der Waals surface area contributed by atoms with Crippen LogP contribution < -0.4 is 10.2 Å². The van der Waals surface area contributed by atoms with Crippen molar-refractivity contribution >= 4 is 23.3 Å². The van der Waals surface area contributed by atoms with E-state index in [9.17, 15) is 9.59 Å². The molecular formula is C20H30N2O3. The van der Waals surface area contributed by atoms with Crippen LogP contribution >= 0.6 is 0 Å². The van der Waals surface area contributed by atoms with Crippen molar-refractivity contribution in [1.82, 2.24) is 0 Å². The van der Waals surface area contributed by atoms with Gasteiger partial charge < -0.3 is 15.0 Å². The lowest BCUT2D eigenvalue weighted by molar-refractivity contribution is -0.149. The monoisotopic (exact) mass is 346 g/mol. The van der Waals surface area contributed by atoms with Crippen LogP contribution in [-0.4, -0.2) is 31.6 Å². The van der Waals surface area contributed by atoms with E-state index < -0.39 is 0 Å². The Hall–Kier alpha value is -2.04. The number of benzene rings is 1. The molecule has 0 unspecified atom stereocenters. The Morgan fingerprint density at radius 2 is 1.76 bits per heavy atom. The fourth-order valence-corrected chi connectivity index (χ4v) is 2.85. The third-order valence-corrected chi connectivity index (χ3v) is 4.34. The quantitative estimate of drug-likeness (QED) is 0.823. The lowest BCUT2D eigenvalue weighted by Crippen LogP contribution is -2.32. The molecule has 5 heteroatoms. The SMILES string of the molecule is CC1CCN(c2ccc(NC(=O)COC(=O)CC(C)(C)C)cc2)CC1. The Bertz CT molecular complexity index is 582. The standard InChI is InChI=1S/C20H30N2O3/c1-15-9-11-22(12-10-15)17-7-5-16(6-8-17)21-18(23)14-25-19(24)13-20(2,3)4/h5-8,15H,9-14H2,1-4H3,(H,21,23). The number of amides is 1. The molecule has 1 aliphatic heterocycles. The average molecular weight is 346 g/mol. The molecule has 0 aromatic heterocycles. The summed E-state index contributed by atoms with van der Waals surface area (Å²) < 4.78 is 5.02. The van der Waals surface area contributed by atoms with Crippen molar-refractivity contribution in [3.8, 4) is 0 Å². The summed E-state index contributed by atoms with van der Waals surface area (Å²) in [5.74, 6) is 0.134. The summed E-state index contributed by atoms with van der Waals surface area (Å²) in [6.45, 7) is 10.1. The zero-order chi connectivity index (χ0) is 18.4. The van der Waals surface area contributed by atoms with E-state index in [1.807, 2.05) is 45.0 Å². The smallest absolute Gasteiger partial charge is 0.306 e. The normalized spacial score (nSPS) is 15.8. The number of ether oxygens (including phenoxy) is 1. The van der Waals surface area contributed by atoms with E-state index in [4.69, 9.17) is 4.74 Å². The first-order chi connectivity index (χ1) is 11.7. The number of hydrogen-bond acceptors (Lipinski definition) is 4. The predicted octanol–water partition coefficient (Wildman–Crippen LogP) is 3.84. The summed E-state index contributed by atoms with van der Waals surface area (Å²) in [6, 6.07) is 7.83. The molecule has 1 saturated heterocycles. The molecule has 1 N–H and O–H groups in total. The van der Waals surface area contributed by atoms with Gasteiger partial charge in [0.15, 0.2) is 6.61 Å². The zero-order valence-electron chi connectivity index (χ0n) is 15.8. The largest absolute Gasteiger partial charge is 0.456 e. The van der Waals surface area contributed by atoms with Crippen molar-refractivity contribution in [2.45, 2.75) is 47.0 Å². The minimum absolute atomic E-state index is 0.143. The van der Waals surface area contributed by atoms with E-state index in [0.29, 0.717) is 12.1 Å². The molecule has 1 fully saturated rings. The van der Waals surface area contributed by atoms with Gasteiger partial charge in [0.25, 0.3) is 5.91 Å². The topological polar surface area (TPSA) is 58.6 Å². The molecule has 1 aromatic rings. The minimum atomic E-state index is -0.350. The van der Waals surface area contributed by atoms with Gasteiger partial charge in [-0.2, -0.15) is 0 Å². The van der Waals surface area contributed by atoms with Gasteiger partial charge in [0.05, 0.1) is 6.42 Å². The molecule has 1 amide bonds. The number of carbonyl (C=O) groups excluding carboxylic acids is 2. The zero-order valence-corrected chi connectivity index (χ0v) is 15.8. The van der Waals surface area contributed by atoms with Crippen LogP contribution in [0.2, 0.25) is 0 Å². The van der Waals surface area contributed by atoms with E-state index >= 15 is 0 Å². The van der Waals surface area contributed by atoms with Gasteiger partial charge in [-0.05, 0) is 48.4 Å². The number of nitrogens with zero attached hydrogens (tertiary/aromatic N) is 1. The summed E-state index contributed by atoms with van der Waals surface area (Å²) in [4.78, 5) is 25.9. The predicted molar refractivity (Wildman–Crippen MR) is 101 cm³/mol. The van der Waals surface area contributed by atoms with Crippen LogP contribution in [0.25, 0.3) is 0 Å². The van der Waals surface area contributed by atoms with E-state index in [2.05, 4.69) is 17.1 Å². The number of carbonyl (C=O) groups is 2. The molecule has 1 aliphatic rings. The third kappa shape index (κ3) is 6.77. The van der Waals surface area contributed by atoms with Crippen molar-refractivity contribution in [2.75, 3.05) is 29.9 Å². The van der Waals surface area contributed by atoms with Crippen molar-refractivity contribution in [2.24, 2.45) is 11.3 Å². The molecular weight excluding hydrogens is 316 g/mol. The first-order valence-electron chi connectivity index (χ1n) is 9.03. The first-order valence-corrected chi connectivity index (χ1v) is 9.03. The van der Waals surface area contributed by atoms with Crippen molar-refractivity contribution in [3.05, 3.63) is 24.3 Å². The summed E-state index contributed by atoms with van der Waals surface area (Å²) in [5.41, 5.74) is 1.75. The van der Waals surface area contributed by atoms with E-state index in [-0.39, 0.29) is 23.9 Å². The second kappa shape index (κ2) is 8.37. The number of piperidine rings is 1. The van der Waals surface area contributed by atoms with Gasteiger partial charge in [0.1, 0.15) is 0 Å². The van der Waals surface area contributed by atoms with Crippen LogP contribution in [0.1, 0.15) is 47.0 Å². The Balaban J connectivity index is 1.78. The summed E-state index contributed by atoms with van der Waals surface area (Å²) in [5, 5.41) is 2.76. The maximum Gasteiger partial charge on any atom is 0.306 e. The number of rotatable bonds is 5. The van der Waals surface area contributed by atoms with E-state index in [1.165, 1.54) is 18.5 Å². The van der Waals surface area contributed by atoms with Crippen LogP contribution in [0, 0.1) is 11.3 Å². The Morgan fingerprint density at radius 1 is 1.16 bits per heavy atom. The Labute approximate surface area is 150 Å². The van der Waals surface area contributed by atoms with Gasteiger partial charge in [-0.3, -0.25) is 9.59 Å². The molecule has 2 rings (SSSR count). The summed E-state index contributed by atoms with van der Waals surface area (Å²) >= 11 is 0. The number of hydrogen-bond donors (Lipinski definition) is 1. The molecule has 25 heavy (non-hydrogen) atoms. The van der Waals surface area contributed by atoms with Gasteiger partial charge in [-0.1, -0.05) is 27.7 Å². The number of anilines is 2. The van der Waals surface area contributed by atoms with Crippen LogP contribution in [0.15, 0.2) is 24.3 Å². The molecule has 0 bridgehead atoms. The highest BCUT2D eigenvalue weighted by Crippen LogP contribution is 2.24. The Kier molecular flexibility index (Phi) is 6.45. The molecule has 5 nitrogen and oxygen atoms in total. The van der Waals surface area contributed by atoms with Crippen LogP contribution in [0.5, 0.6) is 0 Å². The lowest BCUT2D eigenvalue weighted by atomic mass is 9.92. The molecule has 0 aliphatic carbocycles. The minimum Gasteiger partial charge on any atom is -0.456 e. The molecule has 0 atom stereocenters. The van der Waals surface area contributed by atoms with Crippen LogP contribution in [0.3, 0.4) is 0 Å². The molecule has 0 radical (unpaired) electrons. The van der Waals surface area contributed by atoms with E-state index in [0.717, 1.165) is 19.0 Å². The van der Waals surface area contributed by atoms with Crippen molar-refractivity contribution in [1.29, 1.82) is 0 Å². The second-order valence-corrected chi connectivity index (χ2v) is 8.16. The fraction of sp³-hybridized carbons (Fsp3) is 0.600. The van der Waals surface area contributed by atoms with Gasteiger partial charge in [-0.15, -0.1) is 0 Å². The lowest BCUT2D eigenvalue weighted by Gasteiger charge is -2.32. The molecule has 138 valence electrons. The highest BCUT2D eigenvalue weighted by molar-refractivity contribution is 5.93. The van der Waals surface area contributed by atoms with Crippen molar-refractivity contribution in [3.63, 3.8) is 0 Å². The molecule has 1 aromatic carbocycles. The highest BCUT2D eigenvalue weighted by Gasteiger charge is 2.18. The molecule has 1 heterocycles. The Morgan fingerprint density at radius 3 is 2.32 bits per heavy atom.